The van der Waals surface area contributed by atoms with Crippen molar-refractivity contribution in [1.29, 1.82) is 0 Å². The van der Waals surface area contributed by atoms with E-state index in [1.165, 1.54) is 0 Å². The molecule has 0 aromatic heterocycles. The highest BCUT2D eigenvalue weighted by atomic mass is 16.6. The van der Waals surface area contributed by atoms with E-state index in [2.05, 4.69) is 5.32 Å². The fourth-order valence-electron chi connectivity index (χ4n) is 0.998. The summed E-state index contributed by atoms with van der Waals surface area (Å²) in [6.07, 6.45) is 0.342. The number of ether oxygens (including phenoxy) is 1. The molecule has 1 amide bonds. The van der Waals surface area contributed by atoms with E-state index in [4.69, 9.17) is 4.74 Å². The van der Waals surface area contributed by atoms with Crippen LogP contribution in [0.1, 0.15) is 19.8 Å². The molecule has 0 aliphatic carbocycles. The molecule has 62 valence electrons. The molecular weight excluding hydrogens is 146 g/mol. The molecule has 0 radical (unpaired) electrons. The molecule has 1 heterocycles. The lowest BCUT2D eigenvalue weighted by molar-refractivity contribution is -0.148. The summed E-state index contributed by atoms with van der Waals surface area (Å²) in [6, 6.07) is 0. The van der Waals surface area contributed by atoms with Gasteiger partial charge in [-0.25, -0.2) is 0 Å². The van der Waals surface area contributed by atoms with Gasteiger partial charge in [-0.3, -0.25) is 9.59 Å². The number of nitrogens with one attached hydrogen (secondary N) is 1. The smallest absolute Gasteiger partial charge is 0.306 e. The molecule has 0 aromatic carbocycles. The normalized spacial score (nSPS) is 23.0. The number of cyclic esters (lactones) is 1. The Morgan fingerprint density at radius 3 is 3.00 bits per heavy atom. The first kappa shape index (κ1) is 8.04. The number of hydrogen-bond acceptors (Lipinski definition) is 3. The lowest BCUT2D eigenvalue weighted by Gasteiger charge is -2.07. The third kappa shape index (κ3) is 1.93. The summed E-state index contributed by atoms with van der Waals surface area (Å²) >= 11 is 0. The van der Waals surface area contributed by atoms with Crippen LogP contribution < -0.4 is 5.32 Å². The van der Waals surface area contributed by atoms with Crippen LogP contribution in [-0.2, 0) is 14.3 Å². The summed E-state index contributed by atoms with van der Waals surface area (Å²) in [6.45, 7) is 2.40. The first-order chi connectivity index (χ1) is 5.24. The molecule has 1 rings (SSSR count). The largest absolute Gasteiger partial charge is 0.452 e. The molecule has 1 aliphatic heterocycles. The second-order valence-electron chi connectivity index (χ2n) is 2.41. The topological polar surface area (TPSA) is 55.4 Å². The van der Waals surface area contributed by atoms with Crippen molar-refractivity contribution in [3.05, 3.63) is 0 Å². The van der Waals surface area contributed by atoms with E-state index in [1.807, 2.05) is 6.92 Å². The van der Waals surface area contributed by atoms with Crippen molar-refractivity contribution in [2.45, 2.75) is 25.9 Å². The second kappa shape index (κ2) is 3.37. The Bertz CT molecular complexity index is 179. The van der Waals surface area contributed by atoms with E-state index in [0.29, 0.717) is 19.4 Å². The van der Waals surface area contributed by atoms with Crippen molar-refractivity contribution in [2.24, 2.45) is 0 Å². The molecule has 0 unspecified atom stereocenters. The third-order valence-electron chi connectivity index (χ3n) is 1.53. The van der Waals surface area contributed by atoms with Gasteiger partial charge in [0, 0.05) is 19.4 Å². The molecular formula is C7H11NO3. The van der Waals surface area contributed by atoms with Crippen molar-refractivity contribution in [3.8, 4) is 0 Å². The summed E-state index contributed by atoms with van der Waals surface area (Å²) in [5, 5.41) is 2.59. The quantitative estimate of drug-likeness (QED) is 0.566. The SMILES string of the molecule is CCNC(=O)[C@@H]1CCC(=O)O1. The van der Waals surface area contributed by atoms with Gasteiger partial charge in [0.1, 0.15) is 0 Å². The molecule has 1 N–H and O–H groups in total. The monoisotopic (exact) mass is 157 g/mol. The minimum Gasteiger partial charge on any atom is -0.452 e. The van der Waals surface area contributed by atoms with Crippen LogP contribution in [0, 0.1) is 0 Å². The summed E-state index contributed by atoms with van der Waals surface area (Å²) in [7, 11) is 0. The van der Waals surface area contributed by atoms with Crippen LogP contribution >= 0.6 is 0 Å². The zero-order valence-corrected chi connectivity index (χ0v) is 6.42. The number of likely N-dealkylation sites (N-methyl/N-ethyl adjacent to an activating group) is 1. The van der Waals surface area contributed by atoms with Gasteiger partial charge in [-0.15, -0.1) is 0 Å². The first-order valence-corrected chi connectivity index (χ1v) is 3.71. The highest BCUT2D eigenvalue weighted by Gasteiger charge is 2.28. The lowest BCUT2D eigenvalue weighted by Crippen LogP contribution is -2.34. The molecule has 0 aromatic rings. The van der Waals surface area contributed by atoms with Gasteiger partial charge in [0.05, 0.1) is 0 Å². The number of rotatable bonds is 2. The second-order valence-corrected chi connectivity index (χ2v) is 2.41. The maximum absolute atomic E-state index is 11.0. The zero-order chi connectivity index (χ0) is 8.27. The van der Waals surface area contributed by atoms with Gasteiger partial charge in [0.15, 0.2) is 6.10 Å². The Balaban J connectivity index is 2.37. The van der Waals surface area contributed by atoms with Crippen molar-refractivity contribution < 1.29 is 14.3 Å². The average molecular weight is 157 g/mol. The molecule has 1 fully saturated rings. The van der Waals surface area contributed by atoms with Crippen LogP contribution in [0.25, 0.3) is 0 Å². The van der Waals surface area contributed by atoms with Gasteiger partial charge in [0.2, 0.25) is 0 Å². The Morgan fingerprint density at radius 1 is 1.82 bits per heavy atom. The molecule has 1 saturated heterocycles. The number of carbonyl (C=O) groups excluding carboxylic acids is 2. The molecule has 11 heavy (non-hydrogen) atoms. The molecule has 4 nitrogen and oxygen atoms in total. The average Bonchev–Trinajstić information content (AvgIpc) is 2.36. The minimum atomic E-state index is -0.539. The summed E-state index contributed by atoms with van der Waals surface area (Å²) < 4.78 is 4.72. The molecule has 4 heteroatoms. The first-order valence-electron chi connectivity index (χ1n) is 3.71. The maximum Gasteiger partial charge on any atom is 0.306 e. The predicted octanol–water partition coefficient (Wildman–Crippen LogP) is -0.172. The predicted molar refractivity (Wildman–Crippen MR) is 37.8 cm³/mol. The van der Waals surface area contributed by atoms with E-state index >= 15 is 0 Å². The van der Waals surface area contributed by atoms with Crippen molar-refractivity contribution >= 4 is 11.9 Å². The lowest BCUT2D eigenvalue weighted by atomic mass is 10.2. The van der Waals surface area contributed by atoms with Gasteiger partial charge in [-0.05, 0) is 6.92 Å². The van der Waals surface area contributed by atoms with Crippen LogP contribution in [0.2, 0.25) is 0 Å². The van der Waals surface area contributed by atoms with Gasteiger partial charge in [-0.2, -0.15) is 0 Å². The Labute approximate surface area is 64.9 Å². The fourth-order valence-corrected chi connectivity index (χ4v) is 0.998. The number of hydrogen-bond donors (Lipinski definition) is 1. The Morgan fingerprint density at radius 2 is 2.55 bits per heavy atom. The zero-order valence-electron chi connectivity index (χ0n) is 6.42. The van der Waals surface area contributed by atoms with Crippen LogP contribution in [-0.4, -0.2) is 24.5 Å². The highest BCUT2D eigenvalue weighted by molar-refractivity contribution is 5.86. The maximum atomic E-state index is 11.0. The van der Waals surface area contributed by atoms with Crippen LogP contribution in [0.3, 0.4) is 0 Å². The van der Waals surface area contributed by atoms with Crippen LogP contribution in [0.4, 0.5) is 0 Å². The van der Waals surface area contributed by atoms with Gasteiger partial charge < -0.3 is 10.1 Å². The molecule has 1 aliphatic rings. The third-order valence-corrected chi connectivity index (χ3v) is 1.53. The summed E-state index contributed by atoms with van der Waals surface area (Å²) in [5.74, 6) is -0.459. The van der Waals surface area contributed by atoms with E-state index < -0.39 is 6.10 Å². The van der Waals surface area contributed by atoms with Crippen LogP contribution in [0.5, 0.6) is 0 Å². The number of amides is 1. The van der Waals surface area contributed by atoms with E-state index in [1.54, 1.807) is 0 Å². The van der Waals surface area contributed by atoms with Gasteiger partial charge >= 0.3 is 5.97 Å². The number of carbonyl (C=O) groups is 2. The van der Waals surface area contributed by atoms with Gasteiger partial charge in [0.25, 0.3) is 5.91 Å². The van der Waals surface area contributed by atoms with E-state index in [-0.39, 0.29) is 11.9 Å². The van der Waals surface area contributed by atoms with E-state index in [9.17, 15) is 9.59 Å². The molecule has 0 spiro atoms. The Kier molecular flexibility index (Phi) is 2.46. The van der Waals surface area contributed by atoms with Crippen LogP contribution in [0.15, 0.2) is 0 Å². The van der Waals surface area contributed by atoms with Crippen molar-refractivity contribution in [2.75, 3.05) is 6.54 Å². The number of esters is 1. The standard InChI is InChI=1S/C7H11NO3/c1-2-8-7(10)5-3-4-6(9)11-5/h5H,2-4H2,1H3,(H,8,10)/t5-/m0/s1. The minimum absolute atomic E-state index is 0.182. The molecule has 1 atom stereocenters. The fraction of sp³-hybridized carbons (Fsp3) is 0.714. The van der Waals surface area contributed by atoms with Crippen molar-refractivity contribution in [1.82, 2.24) is 5.32 Å². The molecule has 0 bridgehead atoms. The Hall–Kier alpha value is -1.06. The molecule has 0 saturated carbocycles. The highest BCUT2D eigenvalue weighted by Crippen LogP contribution is 2.13. The summed E-state index contributed by atoms with van der Waals surface area (Å²) in [5.41, 5.74) is 0. The van der Waals surface area contributed by atoms with E-state index in [0.717, 1.165) is 0 Å². The summed E-state index contributed by atoms with van der Waals surface area (Å²) in [4.78, 5) is 21.6. The van der Waals surface area contributed by atoms with Crippen molar-refractivity contribution in [3.63, 3.8) is 0 Å². The van der Waals surface area contributed by atoms with Gasteiger partial charge in [-0.1, -0.05) is 0 Å².